The number of fused-ring (bicyclic) bond motifs is 1. The predicted octanol–water partition coefficient (Wildman–Crippen LogP) is 3.26. The number of nitrogen functional groups attached to an aromatic ring is 1. The molecule has 2 N–H and O–H groups in total. The molecule has 0 amide bonds. The van der Waals surface area contributed by atoms with Gasteiger partial charge in [0.1, 0.15) is 5.75 Å². The van der Waals surface area contributed by atoms with Crippen molar-refractivity contribution in [1.29, 1.82) is 0 Å². The highest BCUT2D eigenvalue weighted by Gasteiger charge is 2.08. The van der Waals surface area contributed by atoms with E-state index >= 15 is 0 Å². The first-order chi connectivity index (χ1) is 10.3. The minimum absolute atomic E-state index is 0.561. The topological polar surface area (TPSA) is 53.1 Å². The molecule has 4 nitrogen and oxygen atoms in total. The summed E-state index contributed by atoms with van der Waals surface area (Å²) in [7, 11) is 1.67. The van der Waals surface area contributed by atoms with Crippen molar-refractivity contribution in [3.8, 4) is 5.75 Å². The largest absolute Gasteiger partial charge is 0.497 e. The summed E-state index contributed by atoms with van der Waals surface area (Å²) >= 11 is 0. The van der Waals surface area contributed by atoms with Gasteiger partial charge in [0, 0.05) is 12.6 Å². The van der Waals surface area contributed by atoms with Gasteiger partial charge in [0.05, 0.1) is 18.1 Å². The van der Waals surface area contributed by atoms with Gasteiger partial charge in [-0.15, -0.1) is 0 Å². The quantitative estimate of drug-likeness (QED) is 0.781. The number of benzene rings is 2. The van der Waals surface area contributed by atoms with Crippen molar-refractivity contribution in [2.24, 2.45) is 0 Å². The maximum Gasteiger partial charge on any atom is 0.201 e. The van der Waals surface area contributed by atoms with E-state index in [4.69, 9.17) is 10.5 Å². The first-order valence-electron chi connectivity index (χ1n) is 7.11. The molecule has 0 atom stereocenters. The third-order valence-corrected chi connectivity index (χ3v) is 3.67. The molecule has 0 bridgehead atoms. The fourth-order valence-electron chi connectivity index (χ4n) is 2.57. The first kappa shape index (κ1) is 13.5. The van der Waals surface area contributed by atoms with Crippen LogP contribution in [0.4, 0.5) is 5.95 Å². The van der Waals surface area contributed by atoms with E-state index in [1.807, 2.05) is 24.3 Å². The number of nitrogens with two attached hydrogens (primary N) is 1. The van der Waals surface area contributed by atoms with Crippen LogP contribution in [0.5, 0.6) is 5.75 Å². The number of rotatable bonds is 5. The van der Waals surface area contributed by atoms with Gasteiger partial charge in [-0.1, -0.05) is 30.3 Å². The van der Waals surface area contributed by atoms with Gasteiger partial charge < -0.3 is 15.0 Å². The van der Waals surface area contributed by atoms with Gasteiger partial charge in [-0.05, 0) is 30.5 Å². The summed E-state index contributed by atoms with van der Waals surface area (Å²) in [4.78, 5) is 4.40. The van der Waals surface area contributed by atoms with Gasteiger partial charge in [-0.25, -0.2) is 4.98 Å². The molecule has 1 aromatic heterocycles. The van der Waals surface area contributed by atoms with Gasteiger partial charge in [0.25, 0.3) is 0 Å². The Labute approximate surface area is 124 Å². The average Bonchev–Trinajstić information content (AvgIpc) is 2.83. The van der Waals surface area contributed by atoms with Crippen LogP contribution in [0.2, 0.25) is 0 Å². The molecule has 0 fully saturated rings. The molecule has 0 radical (unpaired) electrons. The molecule has 3 rings (SSSR count). The fourth-order valence-corrected chi connectivity index (χ4v) is 2.57. The SMILES string of the molecule is COc1ccc2nc(N)n(CCCc3ccccc3)c2c1. The minimum atomic E-state index is 0.561. The van der Waals surface area contributed by atoms with Crippen LogP contribution >= 0.6 is 0 Å². The average molecular weight is 281 g/mol. The Balaban J connectivity index is 1.78. The molecule has 108 valence electrons. The van der Waals surface area contributed by atoms with E-state index in [9.17, 15) is 0 Å². The van der Waals surface area contributed by atoms with E-state index in [1.54, 1.807) is 7.11 Å². The van der Waals surface area contributed by atoms with E-state index < -0.39 is 0 Å². The highest BCUT2D eigenvalue weighted by atomic mass is 16.5. The Kier molecular flexibility index (Phi) is 3.77. The molecule has 21 heavy (non-hydrogen) atoms. The number of anilines is 1. The molecule has 0 spiro atoms. The van der Waals surface area contributed by atoms with E-state index in [1.165, 1.54) is 5.56 Å². The lowest BCUT2D eigenvalue weighted by Crippen LogP contribution is -2.04. The molecule has 0 saturated carbocycles. The van der Waals surface area contributed by atoms with Crippen LogP contribution in [0.25, 0.3) is 11.0 Å². The van der Waals surface area contributed by atoms with Gasteiger partial charge in [-0.2, -0.15) is 0 Å². The zero-order valence-electron chi connectivity index (χ0n) is 12.1. The number of methoxy groups -OCH3 is 1. The number of hydrogen-bond donors (Lipinski definition) is 1. The highest BCUT2D eigenvalue weighted by molar-refractivity contribution is 5.79. The lowest BCUT2D eigenvalue weighted by atomic mass is 10.1. The maximum atomic E-state index is 6.04. The summed E-state index contributed by atoms with van der Waals surface area (Å²) in [6.45, 7) is 0.852. The summed E-state index contributed by atoms with van der Waals surface area (Å²) in [6.07, 6.45) is 2.06. The second kappa shape index (κ2) is 5.87. The molecule has 0 saturated heterocycles. The smallest absolute Gasteiger partial charge is 0.201 e. The van der Waals surface area contributed by atoms with E-state index in [2.05, 4.69) is 33.8 Å². The summed E-state index contributed by atoms with van der Waals surface area (Å²) in [5.41, 5.74) is 9.32. The molecular weight excluding hydrogens is 262 g/mol. The van der Waals surface area contributed by atoms with Crippen LogP contribution in [-0.2, 0) is 13.0 Å². The molecule has 2 aromatic carbocycles. The number of hydrogen-bond acceptors (Lipinski definition) is 3. The monoisotopic (exact) mass is 281 g/mol. The van der Waals surface area contributed by atoms with Crippen LogP contribution in [-0.4, -0.2) is 16.7 Å². The zero-order chi connectivity index (χ0) is 14.7. The molecule has 0 unspecified atom stereocenters. The van der Waals surface area contributed by atoms with Gasteiger partial charge >= 0.3 is 0 Å². The lowest BCUT2D eigenvalue weighted by molar-refractivity contribution is 0.415. The Morgan fingerprint density at radius 1 is 1.14 bits per heavy atom. The van der Waals surface area contributed by atoms with Crippen molar-refractivity contribution in [2.45, 2.75) is 19.4 Å². The van der Waals surface area contributed by atoms with E-state index in [0.717, 1.165) is 36.2 Å². The van der Waals surface area contributed by atoms with Crippen LogP contribution in [0.15, 0.2) is 48.5 Å². The van der Waals surface area contributed by atoms with E-state index in [-0.39, 0.29) is 0 Å². The van der Waals surface area contributed by atoms with Crippen molar-refractivity contribution in [3.05, 3.63) is 54.1 Å². The third kappa shape index (κ3) is 2.84. The zero-order valence-corrected chi connectivity index (χ0v) is 12.1. The number of imidazole rings is 1. The number of aromatic nitrogens is 2. The molecule has 0 aliphatic rings. The minimum Gasteiger partial charge on any atom is -0.497 e. The van der Waals surface area contributed by atoms with Crippen LogP contribution in [0, 0.1) is 0 Å². The molecule has 0 aliphatic heterocycles. The highest BCUT2D eigenvalue weighted by Crippen LogP contribution is 2.23. The first-order valence-corrected chi connectivity index (χ1v) is 7.11. The van der Waals surface area contributed by atoms with Crippen molar-refractivity contribution in [1.82, 2.24) is 9.55 Å². The predicted molar refractivity (Wildman–Crippen MR) is 85.5 cm³/mol. The Bertz CT molecular complexity index is 734. The van der Waals surface area contributed by atoms with Crippen LogP contribution < -0.4 is 10.5 Å². The Morgan fingerprint density at radius 3 is 2.71 bits per heavy atom. The molecular formula is C17H19N3O. The summed E-state index contributed by atoms with van der Waals surface area (Å²) < 4.78 is 7.33. The normalized spacial score (nSPS) is 10.9. The summed E-state index contributed by atoms with van der Waals surface area (Å²) in [6, 6.07) is 16.3. The molecule has 0 aliphatic carbocycles. The van der Waals surface area contributed by atoms with Crippen molar-refractivity contribution in [2.75, 3.05) is 12.8 Å². The Morgan fingerprint density at radius 2 is 1.95 bits per heavy atom. The second-order valence-electron chi connectivity index (χ2n) is 5.07. The second-order valence-corrected chi connectivity index (χ2v) is 5.07. The van der Waals surface area contributed by atoms with Crippen molar-refractivity contribution < 1.29 is 4.74 Å². The van der Waals surface area contributed by atoms with Gasteiger partial charge in [0.15, 0.2) is 0 Å². The standard InChI is InChI=1S/C17H19N3O/c1-21-14-9-10-15-16(12-14)20(17(18)19-15)11-5-8-13-6-3-2-4-7-13/h2-4,6-7,9-10,12H,5,8,11H2,1H3,(H2,18,19). The summed E-state index contributed by atoms with van der Waals surface area (Å²) in [5.74, 6) is 1.39. The summed E-state index contributed by atoms with van der Waals surface area (Å²) in [5, 5.41) is 0. The molecule has 1 heterocycles. The number of nitrogens with zero attached hydrogens (tertiary/aromatic N) is 2. The lowest BCUT2D eigenvalue weighted by Gasteiger charge is -2.07. The van der Waals surface area contributed by atoms with Crippen molar-refractivity contribution in [3.63, 3.8) is 0 Å². The Hall–Kier alpha value is -2.49. The molecule has 4 heteroatoms. The number of ether oxygens (including phenoxy) is 1. The van der Waals surface area contributed by atoms with Crippen LogP contribution in [0.3, 0.4) is 0 Å². The third-order valence-electron chi connectivity index (χ3n) is 3.67. The van der Waals surface area contributed by atoms with Crippen LogP contribution in [0.1, 0.15) is 12.0 Å². The van der Waals surface area contributed by atoms with Gasteiger partial charge in [-0.3, -0.25) is 0 Å². The molecule has 3 aromatic rings. The van der Waals surface area contributed by atoms with Crippen molar-refractivity contribution >= 4 is 17.0 Å². The van der Waals surface area contributed by atoms with Gasteiger partial charge in [0.2, 0.25) is 5.95 Å². The maximum absolute atomic E-state index is 6.04. The number of aryl methyl sites for hydroxylation is 2. The fraction of sp³-hybridized carbons (Fsp3) is 0.235. The van der Waals surface area contributed by atoms with E-state index in [0.29, 0.717) is 5.95 Å².